The highest BCUT2D eigenvalue weighted by atomic mass is 17.3. The quantitative estimate of drug-likeness (QED) is 0.801. The van der Waals surface area contributed by atoms with Crippen molar-refractivity contribution in [3.63, 3.8) is 0 Å². The van der Waals surface area contributed by atoms with Gasteiger partial charge in [0, 0.05) is 18.3 Å². The van der Waals surface area contributed by atoms with Gasteiger partial charge in [-0.1, -0.05) is 13.8 Å². The van der Waals surface area contributed by atoms with E-state index in [1.807, 2.05) is 6.92 Å². The van der Waals surface area contributed by atoms with Crippen LogP contribution in [-0.2, 0) is 24.0 Å². The summed E-state index contributed by atoms with van der Waals surface area (Å²) in [7, 11) is 0. The van der Waals surface area contributed by atoms with Gasteiger partial charge in [0.05, 0.1) is 13.2 Å². The predicted octanol–water partition coefficient (Wildman–Crippen LogP) is 2.20. The van der Waals surface area contributed by atoms with E-state index in [4.69, 9.17) is 29.1 Å². The summed E-state index contributed by atoms with van der Waals surface area (Å²) in [6.45, 7) is 6.63. The fraction of sp³-hybridized carbons (Fsp3) is 1.00. The van der Waals surface area contributed by atoms with Crippen molar-refractivity contribution in [1.29, 1.82) is 0 Å². The van der Waals surface area contributed by atoms with Crippen LogP contribution in [0.2, 0.25) is 0 Å². The van der Waals surface area contributed by atoms with Crippen LogP contribution in [0.15, 0.2) is 0 Å². The molecule has 132 valence electrons. The van der Waals surface area contributed by atoms with Crippen LogP contribution < -0.4 is 0 Å². The van der Waals surface area contributed by atoms with Crippen molar-refractivity contribution in [2.75, 3.05) is 13.2 Å². The summed E-state index contributed by atoms with van der Waals surface area (Å²) < 4.78 is 18.2. The number of fused-ring (bicyclic) bond motifs is 2. The Bertz CT molecular complexity index is 458. The fourth-order valence-electron chi connectivity index (χ4n) is 5.23. The standard InChI is InChI=1S/C17H28O6/c1-10-4-5-13-11(2)14(19-9-8-18)20-15-17(13)12(10)6-7-16(3,21-15)22-23-17/h10-15,18H,4-9H2,1-3H3/t10-,11-,12+,13+,14?,15-,16-,17-/m1/s1. The Morgan fingerprint density at radius 2 is 1.96 bits per heavy atom. The molecule has 8 atom stereocenters. The van der Waals surface area contributed by atoms with Gasteiger partial charge in [0.15, 0.2) is 18.2 Å². The van der Waals surface area contributed by atoms with E-state index in [9.17, 15) is 0 Å². The summed E-state index contributed by atoms with van der Waals surface area (Å²) in [5.41, 5.74) is -0.536. The normalized spacial score (nSPS) is 55.3. The third-order valence-corrected chi connectivity index (χ3v) is 6.47. The lowest BCUT2D eigenvalue weighted by Crippen LogP contribution is -2.70. The summed E-state index contributed by atoms with van der Waals surface area (Å²) in [5.74, 6) is 0.625. The molecule has 0 aromatic rings. The zero-order valence-corrected chi connectivity index (χ0v) is 14.2. The molecule has 1 unspecified atom stereocenters. The number of hydrogen-bond donors (Lipinski definition) is 1. The van der Waals surface area contributed by atoms with Crippen LogP contribution in [0, 0.1) is 23.7 Å². The first-order valence-electron chi connectivity index (χ1n) is 8.93. The van der Waals surface area contributed by atoms with Crippen LogP contribution in [0.25, 0.3) is 0 Å². The van der Waals surface area contributed by atoms with Crippen molar-refractivity contribution in [1.82, 2.24) is 0 Å². The van der Waals surface area contributed by atoms with Gasteiger partial charge in [0.1, 0.15) is 0 Å². The summed E-state index contributed by atoms with van der Waals surface area (Å²) in [6, 6.07) is 0. The minimum absolute atomic E-state index is 0.00903. The fourth-order valence-corrected chi connectivity index (χ4v) is 5.23. The van der Waals surface area contributed by atoms with E-state index in [-0.39, 0.29) is 31.3 Å². The van der Waals surface area contributed by atoms with Gasteiger partial charge in [-0.2, -0.15) is 0 Å². The van der Waals surface area contributed by atoms with E-state index in [0.29, 0.717) is 11.8 Å². The Morgan fingerprint density at radius 3 is 2.74 bits per heavy atom. The highest BCUT2D eigenvalue weighted by Gasteiger charge is 2.69. The average molecular weight is 328 g/mol. The maximum atomic E-state index is 9.06. The molecule has 5 rings (SSSR count). The van der Waals surface area contributed by atoms with Crippen LogP contribution in [-0.4, -0.2) is 42.3 Å². The second kappa shape index (κ2) is 5.64. The number of aliphatic hydroxyl groups excluding tert-OH is 1. The zero-order chi connectivity index (χ0) is 16.2. The SMILES string of the molecule is C[C@@H]1CC[C@H]2[C@@H](C)C(OCCO)O[C@@H]3O[C@@]4(C)CC[C@@H]1[C@]32OO4. The summed E-state index contributed by atoms with van der Waals surface area (Å²) in [4.78, 5) is 11.8. The molecule has 1 saturated carbocycles. The van der Waals surface area contributed by atoms with Gasteiger partial charge in [-0.25, -0.2) is 9.78 Å². The van der Waals surface area contributed by atoms with Crippen LogP contribution in [0.3, 0.4) is 0 Å². The maximum Gasteiger partial charge on any atom is 0.201 e. The van der Waals surface area contributed by atoms with Crippen molar-refractivity contribution in [3.05, 3.63) is 0 Å². The Kier molecular flexibility index (Phi) is 3.99. The molecule has 5 aliphatic rings. The Hall–Kier alpha value is -0.240. The van der Waals surface area contributed by atoms with Gasteiger partial charge in [-0.05, 0) is 38.0 Å². The number of ether oxygens (including phenoxy) is 3. The van der Waals surface area contributed by atoms with Crippen molar-refractivity contribution >= 4 is 0 Å². The van der Waals surface area contributed by atoms with Crippen LogP contribution in [0.4, 0.5) is 0 Å². The van der Waals surface area contributed by atoms with Gasteiger partial charge in [-0.3, -0.25) is 0 Å². The van der Waals surface area contributed by atoms with E-state index in [0.717, 1.165) is 19.3 Å². The molecule has 1 spiro atoms. The molecule has 1 N–H and O–H groups in total. The van der Waals surface area contributed by atoms with E-state index in [1.54, 1.807) is 0 Å². The lowest BCUT2D eigenvalue weighted by molar-refractivity contribution is -0.577. The summed E-state index contributed by atoms with van der Waals surface area (Å²) >= 11 is 0. The highest BCUT2D eigenvalue weighted by molar-refractivity contribution is 5.09. The third kappa shape index (κ3) is 2.30. The van der Waals surface area contributed by atoms with Crippen molar-refractivity contribution in [2.45, 2.75) is 70.4 Å². The zero-order valence-electron chi connectivity index (χ0n) is 14.2. The van der Waals surface area contributed by atoms with Crippen LogP contribution in [0.5, 0.6) is 0 Å². The second-order valence-electron chi connectivity index (χ2n) is 7.87. The molecule has 2 bridgehead atoms. The van der Waals surface area contributed by atoms with Crippen molar-refractivity contribution in [3.8, 4) is 0 Å². The van der Waals surface area contributed by atoms with Crippen molar-refractivity contribution < 1.29 is 29.1 Å². The van der Waals surface area contributed by atoms with Crippen LogP contribution >= 0.6 is 0 Å². The summed E-state index contributed by atoms with van der Waals surface area (Å²) in [5, 5.41) is 9.06. The minimum Gasteiger partial charge on any atom is -0.394 e. The van der Waals surface area contributed by atoms with Crippen LogP contribution in [0.1, 0.15) is 46.5 Å². The molecular formula is C17H28O6. The maximum absolute atomic E-state index is 9.06. The molecule has 0 amide bonds. The molecule has 4 heterocycles. The molecular weight excluding hydrogens is 300 g/mol. The molecule has 6 heteroatoms. The van der Waals surface area contributed by atoms with Gasteiger partial charge in [-0.15, -0.1) is 0 Å². The van der Waals surface area contributed by atoms with E-state index >= 15 is 0 Å². The Labute approximate surface area is 137 Å². The largest absolute Gasteiger partial charge is 0.394 e. The highest BCUT2D eigenvalue weighted by Crippen LogP contribution is 2.60. The van der Waals surface area contributed by atoms with E-state index < -0.39 is 17.7 Å². The Balaban J connectivity index is 1.70. The van der Waals surface area contributed by atoms with E-state index in [2.05, 4.69) is 13.8 Å². The topological polar surface area (TPSA) is 66.4 Å². The van der Waals surface area contributed by atoms with Crippen molar-refractivity contribution in [2.24, 2.45) is 23.7 Å². The number of hydrogen-bond acceptors (Lipinski definition) is 6. The molecule has 0 aromatic carbocycles. The molecule has 23 heavy (non-hydrogen) atoms. The molecule has 4 saturated heterocycles. The molecule has 0 radical (unpaired) electrons. The van der Waals surface area contributed by atoms with Gasteiger partial charge in [0.25, 0.3) is 0 Å². The van der Waals surface area contributed by atoms with E-state index in [1.165, 1.54) is 6.42 Å². The average Bonchev–Trinajstić information content (AvgIpc) is 2.76. The molecule has 1 aliphatic carbocycles. The van der Waals surface area contributed by atoms with Gasteiger partial charge >= 0.3 is 0 Å². The van der Waals surface area contributed by atoms with Gasteiger partial charge in [0.2, 0.25) is 5.79 Å². The first-order valence-corrected chi connectivity index (χ1v) is 8.93. The van der Waals surface area contributed by atoms with Gasteiger partial charge < -0.3 is 19.3 Å². The molecule has 6 nitrogen and oxygen atoms in total. The molecule has 4 aliphatic heterocycles. The predicted molar refractivity (Wildman–Crippen MR) is 79.9 cm³/mol. The molecule has 5 fully saturated rings. The third-order valence-electron chi connectivity index (χ3n) is 6.47. The Morgan fingerprint density at radius 1 is 1.13 bits per heavy atom. The first kappa shape index (κ1) is 16.2. The first-order chi connectivity index (χ1) is 11.0. The minimum atomic E-state index is -0.750. The number of aliphatic hydroxyl groups is 1. The lowest BCUT2D eigenvalue weighted by Gasteiger charge is -2.60. The lowest BCUT2D eigenvalue weighted by atomic mass is 9.58. The second-order valence-corrected chi connectivity index (χ2v) is 7.87. The smallest absolute Gasteiger partial charge is 0.201 e. The summed E-state index contributed by atoms with van der Waals surface area (Å²) in [6.07, 6.45) is 3.24. The molecule has 0 aromatic heterocycles. The monoisotopic (exact) mass is 328 g/mol. The number of rotatable bonds is 3.